The van der Waals surface area contributed by atoms with Gasteiger partial charge < -0.3 is 9.64 Å². The summed E-state index contributed by atoms with van der Waals surface area (Å²) < 4.78 is 30.4. The fourth-order valence-corrected chi connectivity index (χ4v) is 4.22. The van der Waals surface area contributed by atoms with Crippen molar-refractivity contribution in [3.8, 4) is 0 Å². The van der Waals surface area contributed by atoms with Gasteiger partial charge in [-0.3, -0.25) is 10.1 Å². The highest BCUT2D eigenvalue weighted by Crippen LogP contribution is 2.29. The second kappa shape index (κ2) is 8.70. The van der Waals surface area contributed by atoms with Crippen LogP contribution in [0.2, 0.25) is 0 Å². The van der Waals surface area contributed by atoms with Crippen LogP contribution >= 0.6 is 0 Å². The molecule has 160 valence electrons. The van der Waals surface area contributed by atoms with Crippen molar-refractivity contribution in [1.29, 1.82) is 0 Å². The van der Waals surface area contributed by atoms with Crippen molar-refractivity contribution in [3.63, 3.8) is 0 Å². The number of hydrogen-bond donors (Lipinski definition) is 1. The molecule has 31 heavy (non-hydrogen) atoms. The molecule has 0 aliphatic carbocycles. The maximum absolute atomic E-state index is 12.6. The van der Waals surface area contributed by atoms with E-state index in [-0.39, 0.29) is 10.6 Å². The molecule has 0 radical (unpaired) electrons. The number of ether oxygens (including phenoxy) is 1. The summed E-state index contributed by atoms with van der Waals surface area (Å²) in [6.45, 7) is 2.16. The summed E-state index contributed by atoms with van der Waals surface area (Å²) in [5.74, 6) is 0. The zero-order valence-electron chi connectivity index (χ0n) is 16.5. The summed E-state index contributed by atoms with van der Waals surface area (Å²) in [4.78, 5) is 15.2. The Balaban J connectivity index is 1.53. The number of anilines is 1. The molecule has 0 unspecified atom stereocenters. The summed E-state index contributed by atoms with van der Waals surface area (Å²) in [6, 6.07) is 16.9. The third kappa shape index (κ3) is 4.65. The molecule has 1 fully saturated rings. The van der Waals surface area contributed by atoms with E-state index in [4.69, 9.17) is 4.74 Å². The van der Waals surface area contributed by atoms with Crippen molar-refractivity contribution in [2.45, 2.75) is 4.90 Å². The van der Waals surface area contributed by atoms with Gasteiger partial charge in [0.25, 0.3) is 15.7 Å². The van der Waals surface area contributed by atoms with Crippen LogP contribution in [-0.2, 0) is 14.8 Å². The number of hydrazone groups is 1. The Labute approximate surface area is 179 Å². The zero-order chi connectivity index (χ0) is 21.8. The Morgan fingerprint density at radius 2 is 1.77 bits per heavy atom. The van der Waals surface area contributed by atoms with E-state index < -0.39 is 14.9 Å². The van der Waals surface area contributed by atoms with Gasteiger partial charge >= 0.3 is 0 Å². The summed E-state index contributed by atoms with van der Waals surface area (Å²) in [5, 5.41) is 17.1. The van der Waals surface area contributed by atoms with Gasteiger partial charge in [-0.15, -0.1) is 0 Å². The number of rotatable bonds is 6. The molecule has 0 spiro atoms. The molecule has 9 nitrogen and oxygen atoms in total. The smallest absolute Gasteiger partial charge is 0.293 e. The molecule has 3 aromatic carbocycles. The van der Waals surface area contributed by atoms with E-state index in [1.54, 1.807) is 24.3 Å². The number of sulfonamides is 1. The van der Waals surface area contributed by atoms with Crippen LogP contribution in [0.3, 0.4) is 0 Å². The highest BCUT2D eigenvalue weighted by atomic mass is 32.2. The zero-order valence-corrected chi connectivity index (χ0v) is 17.3. The van der Waals surface area contributed by atoms with Crippen LogP contribution in [0, 0.1) is 10.1 Å². The van der Waals surface area contributed by atoms with Gasteiger partial charge in [-0.05, 0) is 29.0 Å². The maximum Gasteiger partial charge on any atom is 0.293 e. The van der Waals surface area contributed by atoms with Crippen molar-refractivity contribution in [2.24, 2.45) is 5.10 Å². The molecule has 1 aliphatic heterocycles. The molecule has 0 bridgehead atoms. The number of nitrogens with zero attached hydrogens (tertiary/aromatic N) is 3. The van der Waals surface area contributed by atoms with Crippen molar-refractivity contribution in [2.75, 3.05) is 31.2 Å². The van der Waals surface area contributed by atoms with Gasteiger partial charge in [0.2, 0.25) is 0 Å². The average molecular weight is 440 g/mol. The Morgan fingerprint density at radius 3 is 2.52 bits per heavy atom. The number of nitrogens with one attached hydrogen (secondary N) is 1. The van der Waals surface area contributed by atoms with Crippen LogP contribution in [0.25, 0.3) is 10.8 Å². The first-order valence-electron chi connectivity index (χ1n) is 9.59. The molecule has 3 aromatic rings. The number of hydrogen-bond acceptors (Lipinski definition) is 7. The highest BCUT2D eigenvalue weighted by Gasteiger charge is 2.21. The lowest BCUT2D eigenvalue weighted by Crippen LogP contribution is -2.36. The fraction of sp³-hybridized carbons (Fsp3) is 0.190. The van der Waals surface area contributed by atoms with Gasteiger partial charge in [0.15, 0.2) is 0 Å². The fourth-order valence-electron chi connectivity index (χ4n) is 3.40. The molecule has 1 saturated heterocycles. The van der Waals surface area contributed by atoms with Crippen molar-refractivity contribution < 1.29 is 18.1 Å². The molecule has 1 aliphatic rings. The lowest BCUT2D eigenvalue weighted by atomic mass is 10.1. The number of fused-ring (bicyclic) bond motifs is 1. The largest absolute Gasteiger partial charge is 0.378 e. The van der Waals surface area contributed by atoms with Crippen LogP contribution < -0.4 is 9.73 Å². The van der Waals surface area contributed by atoms with Gasteiger partial charge in [-0.25, -0.2) is 4.83 Å². The van der Waals surface area contributed by atoms with E-state index >= 15 is 0 Å². The number of morpholine rings is 1. The lowest BCUT2D eigenvalue weighted by Gasteiger charge is -2.28. The average Bonchev–Trinajstić information content (AvgIpc) is 2.79. The monoisotopic (exact) mass is 440 g/mol. The number of nitro groups is 1. The minimum Gasteiger partial charge on any atom is -0.378 e. The Hall–Kier alpha value is -3.50. The molecule has 0 aromatic heterocycles. The summed E-state index contributed by atoms with van der Waals surface area (Å²) in [5.41, 5.74) is 0.843. The predicted octanol–water partition coefficient (Wildman–Crippen LogP) is 2.90. The van der Waals surface area contributed by atoms with Gasteiger partial charge in [0.1, 0.15) is 5.69 Å². The molecular weight excluding hydrogens is 420 g/mol. The Morgan fingerprint density at radius 1 is 1.03 bits per heavy atom. The van der Waals surface area contributed by atoms with E-state index in [2.05, 4.69) is 9.93 Å². The molecule has 1 heterocycles. The molecule has 1 N–H and O–H groups in total. The first-order chi connectivity index (χ1) is 14.9. The highest BCUT2D eigenvalue weighted by molar-refractivity contribution is 7.89. The SMILES string of the molecule is O=[N+]([O-])c1cc(/C=N\NS(=O)(=O)c2ccc3ccccc3c2)ccc1N1CCOCC1. The number of nitro benzene ring substituents is 1. The van der Waals surface area contributed by atoms with E-state index in [1.165, 1.54) is 18.3 Å². The molecule has 0 saturated carbocycles. The third-order valence-corrected chi connectivity index (χ3v) is 6.19. The second-order valence-electron chi connectivity index (χ2n) is 6.97. The predicted molar refractivity (Wildman–Crippen MR) is 118 cm³/mol. The van der Waals surface area contributed by atoms with E-state index in [1.807, 2.05) is 29.2 Å². The quantitative estimate of drug-likeness (QED) is 0.358. The second-order valence-corrected chi connectivity index (χ2v) is 8.63. The number of benzene rings is 3. The van der Waals surface area contributed by atoms with E-state index in [0.29, 0.717) is 37.6 Å². The molecule has 0 atom stereocenters. The molecule has 10 heteroatoms. The summed E-state index contributed by atoms with van der Waals surface area (Å²) in [7, 11) is -3.88. The summed E-state index contributed by atoms with van der Waals surface area (Å²) in [6.07, 6.45) is 1.24. The van der Waals surface area contributed by atoms with Crippen LogP contribution in [0.1, 0.15) is 5.56 Å². The molecule has 0 amide bonds. The minimum atomic E-state index is -3.88. The maximum atomic E-state index is 12.6. The van der Waals surface area contributed by atoms with Crippen molar-refractivity contribution >= 4 is 38.4 Å². The first kappa shape index (κ1) is 20.8. The third-order valence-electron chi connectivity index (χ3n) is 4.97. The van der Waals surface area contributed by atoms with Crippen LogP contribution in [-0.4, -0.2) is 45.9 Å². The van der Waals surface area contributed by atoms with E-state index in [9.17, 15) is 18.5 Å². The Bertz CT molecular complexity index is 1250. The van der Waals surface area contributed by atoms with Gasteiger partial charge in [-0.2, -0.15) is 13.5 Å². The van der Waals surface area contributed by atoms with Gasteiger partial charge in [0.05, 0.1) is 29.2 Å². The van der Waals surface area contributed by atoms with Crippen molar-refractivity contribution in [3.05, 3.63) is 76.3 Å². The lowest BCUT2D eigenvalue weighted by molar-refractivity contribution is -0.384. The minimum absolute atomic E-state index is 0.0664. The topological polar surface area (TPSA) is 114 Å². The standard InChI is InChI=1S/C21H20N4O5S/c26-25(27)21-13-16(5-8-20(21)24-9-11-30-12-10-24)15-22-23-31(28,29)19-7-6-17-3-1-2-4-18(17)14-19/h1-8,13-15,23H,9-12H2/b22-15-. The summed E-state index contributed by atoms with van der Waals surface area (Å²) >= 11 is 0. The van der Waals surface area contributed by atoms with Gasteiger partial charge in [0, 0.05) is 24.7 Å². The first-order valence-corrected chi connectivity index (χ1v) is 11.1. The van der Waals surface area contributed by atoms with E-state index in [0.717, 1.165) is 10.8 Å². The van der Waals surface area contributed by atoms with Crippen LogP contribution in [0.5, 0.6) is 0 Å². The van der Waals surface area contributed by atoms with Crippen molar-refractivity contribution in [1.82, 2.24) is 4.83 Å². The molecule has 4 rings (SSSR count). The Kier molecular flexibility index (Phi) is 5.83. The van der Waals surface area contributed by atoms with Gasteiger partial charge in [-0.1, -0.05) is 36.4 Å². The van der Waals surface area contributed by atoms with Crippen LogP contribution in [0.15, 0.2) is 70.7 Å². The van der Waals surface area contributed by atoms with Crippen LogP contribution in [0.4, 0.5) is 11.4 Å². The molecular formula is C21H20N4O5S. The normalized spacial score (nSPS) is 14.8.